The first-order valence-electron chi connectivity index (χ1n) is 5.89. The highest BCUT2D eigenvalue weighted by molar-refractivity contribution is 7.89. The summed E-state index contributed by atoms with van der Waals surface area (Å²) in [6, 6.07) is 4.62. The third-order valence-electron chi connectivity index (χ3n) is 3.19. The second-order valence-electron chi connectivity index (χ2n) is 4.67. The summed E-state index contributed by atoms with van der Waals surface area (Å²) in [4.78, 5) is 0.188. The van der Waals surface area contributed by atoms with Crippen LogP contribution in [-0.4, -0.2) is 32.9 Å². The molecule has 0 saturated carbocycles. The van der Waals surface area contributed by atoms with Crippen LogP contribution in [0, 0.1) is 5.92 Å². The highest BCUT2D eigenvalue weighted by Crippen LogP contribution is 2.31. The van der Waals surface area contributed by atoms with Crippen molar-refractivity contribution in [2.24, 2.45) is 5.92 Å². The van der Waals surface area contributed by atoms with Crippen molar-refractivity contribution in [1.29, 1.82) is 0 Å². The minimum absolute atomic E-state index is 0.188. The molecule has 100 valence electrons. The van der Waals surface area contributed by atoms with E-state index < -0.39 is 10.0 Å². The normalized spacial score (nSPS) is 21.1. The highest BCUT2D eigenvalue weighted by Gasteiger charge is 2.32. The van der Waals surface area contributed by atoms with Gasteiger partial charge in [-0.1, -0.05) is 6.92 Å². The van der Waals surface area contributed by atoms with Crippen molar-refractivity contribution < 1.29 is 13.2 Å². The molecule has 1 aliphatic rings. The van der Waals surface area contributed by atoms with Gasteiger partial charge in [-0.15, -0.1) is 0 Å². The van der Waals surface area contributed by atoms with Crippen LogP contribution in [0.1, 0.15) is 13.3 Å². The van der Waals surface area contributed by atoms with Crippen LogP contribution < -0.4 is 10.5 Å². The Morgan fingerprint density at radius 1 is 1.44 bits per heavy atom. The van der Waals surface area contributed by atoms with Crippen molar-refractivity contribution in [1.82, 2.24) is 4.31 Å². The van der Waals surface area contributed by atoms with E-state index in [1.54, 1.807) is 6.07 Å². The summed E-state index contributed by atoms with van der Waals surface area (Å²) >= 11 is 0. The zero-order valence-electron chi connectivity index (χ0n) is 10.6. The Morgan fingerprint density at radius 3 is 2.72 bits per heavy atom. The molecule has 1 fully saturated rings. The molecular formula is C12H18N2O3S. The first-order chi connectivity index (χ1) is 8.45. The van der Waals surface area contributed by atoms with Crippen molar-refractivity contribution >= 4 is 15.7 Å². The van der Waals surface area contributed by atoms with Crippen molar-refractivity contribution in [3.8, 4) is 5.75 Å². The van der Waals surface area contributed by atoms with Crippen molar-refractivity contribution in [2.75, 3.05) is 25.9 Å². The van der Waals surface area contributed by atoms with Crippen LogP contribution in [0.4, 0.5) is 5.69 Å². The molecule has 1 aromatic carbocycles. The fourth-order valence-corrected chi connectivity index (χ4v) is 3.86. The van der Waals surface area contributed by atoms with E-state index in [-0.39, 0.29) is 4.90 Å². The largest absolute Gasteiger partial charge is 0.495 e. The van der Waals surface area contributed by atoms with Crippen LogP contribution in [0.15, 0.2) is 23.1 Å². The van der Waals surface area contributed by atoms with Crippen LogP contribution in [0.2, 0.25) is 0 Å². The van der Waals surface area contributed by atoms with Crippen LogP contribution >= 0.6 is 0 Å². The van der Waals surface area contributed by atoms with E-state index in [9.17, 15) is 8.42 Å². The first kappa shape index (κ1) is 13.2. The van der Waals surface area contributed by atoms with E-state index in [1.807, 2.05) is 0 Å². The SMILES string of the molecule is COc1cc(N)ccc1S(=O)(=O)N1CCC(C)C1. The van der Waals surface area contributed by atoms with E-state index in [0.29, 0.717) is 30.4 Å². The maximum Gasteiger partial charge on any atom is 0.246 e. The molecule has 0 aliphatic carbocycles. The molecule has 18 heavy (non-hydrogen) atoms. The maximum atomic E-state index is 12.5. The number of sulfonamides is 1. The smallest absolute Gasteiger partial charge is 0.246 e. The second-order valence-corrected chi connectivity index (χ2v) is 6.57. The van der Waals surface area contributed by atoms with Gasteiger partial charge in [0.05, 0.1) is 7.11 Å². The molecule has 0 spiro atoms. The fraction of sp³-hybridized carbons (Fsp3) is 0.500. The number of methoxy groups -OCH3 is 1. The molecule has 6 heteroatoms. The van der Waals surface area contributed by atoms with E-state index in [2.05, 4.69) is 6.92 Å². The van der Waals surface area contributed by atoms with Crippen molar-refractivity contribution in [3.63, 3.8) is 0 Å². The average Bonchev–Trinajstić information content (AvgIpc) is 2.76. The van der Waals surface area contributed by atoms with Gasteiger partial charge in [0.1, 0.15) is 10.6 Å². The molecule has 1 atom stereocenters. The number of rotatable bonds is 3. The van der Waals surface area contributed by atoms with Crippen LogP contribution in [0.3, 0.4) is 0 Å². The zero-order chi connectivity index (χ0) is 13.3. The van der Waals surface area contributed by atoms with Gasteiger partial charge in [-0.2, -0.15) is 4.31 Å². The van der Waals surface area contributed by atoms with Gasteiger partial charge in [0.25, 0.3) is 0 Å². The lowest BCUT2D eigenvalue weighted by Crippen LogP contribution is -2.29. The monoisotopic (exact) mass is 270 g/mol. The minimum Gasteiger partial charge on any atom is -0.495 e. The summed E-state index contributed by atoms with van der Waals surface area (Å²) in [7, 11) is -2.03. The summed E-state index contributed by atoms with van der Waals surface area (Å²) in [5.74, 6) is 0.703. The number of anilines is 1. The fourth-order valence-electron chi connectivity index (χ4n) is 2.15. The van der Waals surface area contributed by atoms with Crippen molar-refractivity contribution in [2.45, 2.75) is 18.2 Å². The van der Waals surface area contributed by atoms with Gasteiger partial charge < -0.3 is 10.5 Å². The summed E-state index contributed by atoms with van der Waals surface area (Å²) < 4.78 is 31.6. The Bertz CT molecular complexity index is 542. The molecule has 2 N–H and O–H groups in total. The Hall–Kier alpha value is -1.27. The lowest BCUT2D eigenvalue weighted by atomic mass is 10.2. The lowest BCUT2D eigenvalue weighted by Gasteiger charge is -2.18. The van der Waals surface area contributed by atoms with Gasteiger partial charge >= 0.3 is 0 Å². The molecule has 1 saturated heterocycles. The summed E-state index contributed by atoms with van der Waals surface area (Å²) in [5, 5.41) is 0. The molecule has 5 nitrogen and oxygen atoms in total. The van der Waals surface area contributed by atoms with Crippen LogP contribution in [0.5, 0.6) is 5.75 Å². The molecule has 0 aromatic heterocycles. The van der Waals surface area contributed by atoms with E-state index in [1.165, 1.54) is 23.5 Å². The number of hydrogen-bond donors (Lipinski definition) is 1. The van der Waals surface area contributed by atoms with E-state index in [4.69, 9.17) is 10.5 Å². The topological polar surface area (TPSA) is 72.6 Å². The highest BCUT2D eigenvalue weighted by atomic mass is 32.2. The number of benzene rings is 1. The Kier molecular flexibility index (Phi) is 3.49. The van der Waals surface area contributed by atoms with Crippen LogP contribution in [0.25, 0.3) is 0 Å². The summed E-state index contributed by atoms with van der Waals surface area (Å²) in [5.41, 5.74) is 6.12. The Labute approximate surface area is 108 Å². The Balaban J connectivity index is 2.41. The van der Waals surface area contributed by atoms with Gasteiger partial charge in [-0.25, -0.2) is 8.42 Å². The number of nitrogens with two attached hydrogens (primary N) is 1. The summed E-state index contributed by atoms with van der Waals surface area (Å²) in [6.07, 6.45) is 0.899. The third-order valence-corrected chi connectivity index (χ3v) is 5.10. The molecule has 1 aliphatic heterocycles. The molecular weight excluding hydrogens is 252 g/mol. The van der Waals surface area contributed by atoms with Crippen LogP contribution in [-0.2, 0) is 10.0 Å². The van der Waals surface area contributed by atoms with Gasteiger partial charge in [0.15, 0.2) is 0 Å². The molecule has 1 aromatic rings. The number of nitrogen functional groups attached to an aromatic ring is 1. The molecule has 0 radical (unpaired) electrons. The molecule has 1 heterocycles. The third kappa shape index (κ3) is 2.30. The van der Waals surface area contributed by atoms with Crippen molar-refractivity contribution in [3.05, 3.63) is 18.2 Å². The Morgan fingerprint density at radius 2 is 2.17 bits per heavy atom. The molecule has 0 amide bonds. The molecule has 0 bridgehead atoms. The van der Waals surface area contributed by atoms with E-state index in [0.717, 1.165) is 6.42 Å². The summed E-state index contributed by atoms with van der Waals surface area (Å²) in [6.45, 7) is 3.18. The molecule has 2 rings (SSSR count). The van der Waals surface area contributed by atoms with Gasteiger partial charge in [0.2, 0.25) is 10.0 Å². The average molecular weight is 270 g/mol. The number of nitrogens with zero attached hydrogens (tertiary/aromatic N) is 1. The van der Waals surface area contributed by atoms with Gasteiger partial charge in [0, 0.05) is 24.8 Å². The van der Waals surface area contributed by atoms with E-state index >= 15 is 0 Å². The predicted molar refractivity (Wildman–Crippen MR) is 69.9 cm³/mol. The quantitative estimate of drug-likeness (QED) is 0.840. The number of ether oxygens (including phenoxy) is 1. The molecule has 1 unspecified atom stereocenters. The zero-order valence-corrected chi connectivity index (χ0v) is 11.4. The van der Waals surface area contributed by atoms with Gasteiger partial charge in [-0.3, -0.25) is 0 Å². The van der Waals surface area contributed by atoms with Gasteiger partial charge in [-0.05, 0) is 24.5 Å². The predicted octanol–water partition coefficient (Wildman–Crippen LogP) is 1.31. The standard InChI is InChI=1S/C12H18N2O3S/c1-9-5-6-14(8-9)18(15,16)12-4-3-10(13)7-11(12)17-2/h3-4,7,9H,5-6,8,13H2,1-2H3. The number of hydrogen-bond acceptors (Lipinski definition) is 4. The lowest BCUT2D eigenvalue weighted by molar-refractivity contribution is 0.398. The first-order valence-corrected chi connectivity index (χ1v) is 7.33. The second kappa shape index (κ2) is 4.78. The minimum atomic E-state index is -3.48. The maximum absolute atomic E-state index is 12.5.